The zero-order valence-corrected chi connectivity index (χ0v) is 7.53. The molecule has 0 radical (unpaired) electrons. The molecule has 1 rings (SSSR count). The van der Waals surface area contributed by atoms with E-state index in [1.165, 1.54) is 0 Å². The van der Waals surface area contributed by atoms with Gasteiger partial charge < -0.3 is 9.26 Å². The molecule has 0 bridgehead atoms. The number of allylic oxidation sites excluding steroid dienone is 1. The van der Waals surface area contributed by atoms with Crippen molar-refractivity contribution in [1.29, 1.82) is 0 Å². The van der Waals surface area contributed by atoms with Crippen LogP contribution in [0.2, 0.25) is 0 Å². The molecule has 1 aromatic rings. The lowest BCUT2D eigenvalue weighted by Crippen LogP contribution is -2.04. The van der Waals surface area contributed by atoms with Gasteiger partial charge in [-0.3, -0.25) is 0 Å². The van der Waals surface area contributed by atoms with Crippen LogP contribution in [0.3, 0.4) is 0 Å². The lowest BCUT2D eigenvalue weighted by molar-refractivity contribution is 0.0470. The first kappa shape index (κ1) is 9.44. The van der Waals surface area contributed by atoms with Gasteiger partial charge in [0.05, 0.1) is 6.61 Å². The molecule has 1 aromatic heterocycles. The minimum Gasteiger partial charge on any atom is -0.459 e. The summed E-state index contributed by atoms with van der Waals surface area (Å²) in [5, 5.41) is 3.53. The number of aromatic nitrogens is 2. The van der Waals surface area contributed by atoms with Gasteiger partial charge in [0.1, 0.15) is 0 Å². The predicted octanol–water partition coefficient (Wildman–Crippen LogP) is 1.28. The first-order chi connectivity index (χ1) is 6.15. The van der Waals surface area contributed by atoms with Crippen LogP contribution in [0.5, 0.6) is 0 Å². The molecule has 13 heavy (non-hydrogen) atoms. The van der Waals surface area contributed by atoms with Crippen molar-refractivity contribution in [2.24, 2.45) is 0 Å². The number of nitrogens with zero attached hydrogens (tertiary/aromatic N) is 2. The second-order valence-corrected chi connectivity index (χ2v) is 2.42. The van der Waals surface area contributed by atoms with E-state index < -0.39 is 5.97 Å². The van der Waals surface area contributed by atoms with Gasteiger partial charge in [-0.05, 0) is 19.4 Å². The Hall–Kier alpha value is -1.65. The van der Waals surface area contributed by atoms with Gasteiger partial charge in [0.2, 0.25) is 0 Å². The van der Waals surface area contributed by atoms with Gasteiger partial charge in [0.25, 0.3) is 0 Å². The molecular formula is C8H10N2O3. The first-order valence-corrected chi connectivity index (χ1v) is 3.82. The first-order valence-electron chi connectivity index (χ1n) is 3.82. The van der Waals surface area contributed by atoms with Gasteiger partial charge in [0, 0.05) is 0 Å². The quantitative estimate of drug-likeness (QED) is 0.659. The van der Waals surface area contributed by atoms with E-state index in [9.17, 15) is 4.79 Å². The Bertz CT molecular complexity index is 330. The smallest absolute Gasteiger partial charge is 0.397 e. The maximum absolute atomic E-state index is 11.0. The molecule has 0 atom stereocenters. The fourth-order valence-electron chi connectivity index (χ4n) is 0.673. The van der Waals surface area contributed by atoms with Crippen molar-refractivity contribution in [2.45, 2.75) is 13.8 Å². The van der Waals surface area contributed by atoms with Crippen LogP contribution >= 0.6 is 0 Å². The molecule has 70 valence electrons. The second-order valence-electron chi connectivity index (χ2n) is 2.42. The lowest BCUT2D eigenvalue weighted by atomic mass is 10.3. The summed E-state index contributed by atoms with van der Waals surface area (Å²) in [4.78, 5) is 14.8. The van der Waals surface area contributed by atoms with E-state index in [2.05, 4.69) is 26.0 Å². The minimum absolute atomic E-state index is 0.139. The van der Waals surface area contributed by atoms with Crippen molar-refractivity contribution in [1.82, 2.24) is 10.1 Å². The molecule has 0 aliphatic rings. The molecule has 5 nitrogen and oxygen atoms in total. The highest BCUT2D eigenvalue weighted by Gasteiger charge is 2.15. The number of carbonyl (C=O) groups is 1. The summed E-state index contributed by atoms with van der Waals surface area (Å²) in [6, 6.07) is 0. The van der Waals surface area contributed by atoms with Gasteiger partial charge in [-0.1, -0.05) is 11.7 Å². The summed E-state index contributed by atoms with van der Waals surface area (Å²) in [6.07, 6.45) is 0. The van der Waals surface area contributed by atoms with E-state index in [1.807, 2.05) is 0 Å². The molecule has 1 heterocycles. The maximum atomic E-state index is 11.0. The van der Waals surface area contributed by atoms with Crippen molar-refractivity contribution in [3.8, 4) is 0 Å². The van der Waals surface area contributed by atoms with E-state index in [1.54, 1.807) is 13.8 Å². The highest BCUT2D eigenvalue weighted by molar-refractivity contribution is 5.84. The van der Waals surface area contributed by atoms with Crippen molar-refractivity contribution in [3.05, 3.63) is 18.3 Å². The van der Waals surface area contributed by atoms with Crippen LogP contribution in [-0.2, 0) is 4.74 Å². The molecule has 0 aliphatic carbocycles. The van der Waals surface area contributed by atoms with E-state index in [4.69, 9.17) is 0 Å². The number of hydrogen-bond donors (Lipinski definition) is 0. The zero-order chi connectivity index (χ0) is 9.84. The standard InChI is InChI=1S/C8H10N2O3/c1-4-12-8(11)7-9-6(5(2)3)10-13-7/h2,4H2,1,3H3. The largest absolute Gasteiger partial charge is 0.459 e. The summed E-state index contributed by atoms with van der Waals surface area (Å²) in [6.45, 7) is 7.31. The topological polar surface area (TPSA) is 65.2 Å². The molecule has 0 saturated carbocycles. The van der Waals surface area contributed by atoms with Crippen LogP contribution in [0.4, 0.5) is 0 Å². The van der Waals surface area contributed by atoms with Gasteiger partial charge in [-0.15, -0.1) is 0 Å². The van der Waals surface area contributed by atoms with E-state index in [0.29, 0.717) is 11.4 Å². The van der Waals surface area contributed by atoms with Crippen LogP contribution < -0.4 is 0 Å². The van der Waals surface area contributed by atoms with Gasteiger partial charge in [-0.25, -0.2) is 4.79 Å². The van der Waals surface area contributed by atoms with Crippen LogP contribution in [0.1, 0.15) is 30.4 Å². The predicted molar refractivity (Wildman–Crippen MR) is 45.0 cm³/mol. The Balaban J connectivity index is 2.79. The van der Waals surface area contributed by atoms with E-state index in [-0.39, 0.29) is 12.5 Å². The molecule has 0 amide bonds. The summed E-state index contributed by atoms with van der Waals surface area (Å²) in [7, 11) is 0. The third-order valence-corrected chi connectivity index (χ3v) is 1.26. The molecule has 0 N–H and O–H groups in total. The normalized spacial score (nSPS) is 9.69. The van der Waals surface area contributed by atoms with Crippen molar-refractivity contribution < 1.29 is 14.1 Å². The summed E-state index contributed by atoms with van der Waals surface area (Å²) in [5.41, 5.74) is 0.638. The molecule has 0 spiro atoms. The highest BCUT2D eigenvalue weighted by atomic mass is 16.6. The van der Waals surface area contributed by atoms with Crippen molar-refractivity contribution in [2.75, 3.05) is 6.61 Å². The van der Waals surface area contributed by atoms with Gasteiger partial charge in [0.15, 0.2) is 5.82 Å². The summed E-state index contributed by atoms with van der Waals surface area (Å²) >= 11 is 0. The van der Waals surface area contributed by atoms with E-state index >= 15 is 0 Å². The van der Waals surface area contributed by atoms with Crippen LogP contribution in [0.25, 0.3) is 5.57 Å². The molecule has 5 heteroatoms. The Morgan fingerprint density at radius 1 is 1.69 bits per heavy atom. The lowest BCUT2D eigenvalue weighted by Gasteiger charge is -1.93. The molecule has 0 fully saturated rings. The Morgan fingerprint density at radius 2 is 2.38 bits per heavy atom. The maximum Gasteiger partial charge on any atom is 0.397 e. The number of carbonyl (C=O) groups excluding carboxylic acids is 1. The molecular weight excluding hydrogens is 172 g/mol. The van der Waals surface area contributed by atoms with Gasteiger partial charge >= 0.3 is 11.9 Å². The Kier molecular flexibility index (Phi) is 2.79. The number of hydrogen-bond acceptors (Lipinski definition) is 5. The Morgan fingerprint density at radius 3 is 2.85 bits per heavy atom. The van der Waals surface area contributed by atoms with Crippen molar-refractivity contribution >= 4 is 11.5 Å². The third-order valence-electron chi connectivity index (χ3n) is 1.26. The van der Waals surface area contributed by atoms with Crippen LogP contribution in [0, 0.1) is 0 Å². The van der Waals surface area contributed by atoms with Crippen molar-refractivity contribution in [3.63, 3.8) is 0 Å². The fraction of sp³-hybridized carbons (Fsp3) is 0.375. The second kappa shape index (κ2) is 3.84. The number of rotatable bonds is 3. The van der Waals surface area contributed by atoms with Crippen LogP contribution in [0.15, 0.2) is 11.1 Å². The third kappa shape index (κ3) is 2.14. The molecule has 0 saturated heterocycles. The number of esters is 1. The Labute approximate surface area is 75.4 Å². The average Bonchev–Trinajstić information content (AvgIpc) is 2.52. The molecule has 0 unspecified atom stereocenters. The molecule has 0 aromatic carbocycles. The monoisotopic (exact) mass is 182 g/mol. The van der Waals surface area contributed by atoms with E-state index in [0.717, 1.165) is 0 Å². The molecule has 0 aliphatic heterocycles. The zero-order valence-electron chi connectivity index (χ0n) is 7.53. The fourth-order valence-corrected chi connectivity index (χ4v) is 0.673. The van der Waals surface area contributed by atoms with Gasteiger partial charge in [-0.2, -0.15) is 4.98 Å². The number of ether oxygens (including phenoxy) is 1. The summed E-state index contributed by atoms with van der Waals surface area (Å²) < 4.78 is 9.30. The SMILES string of the molecule is C=C(C)c1noc(C(=O)OCC)n1. The average molecular weight is 182 g/mol. The van der Waals surface area contributed by atoms with Crippen LogP contribution in [-0.4, -0.2) is 22.7 Å². The minimum atomic E-state index is -0.609. The highest BCUT2D eigenvalue weighted by Crippen LogP contribution is 2.07. The summed E-state index contributed by atoms with van der Waals surface area (Å²) in [5.74, 6) is -0.426.